The standard InChI is InChI=1S/C9H19N5.ClH/c1-5-7(3)11-13-9(10)14-12-8(4)6-2;/h5-6H2,1-4H3,(H3,10,13,14);1H/b11-7-,12-8-;. The highest BCUT2D eigenvalue weighted by molar-refractivity contribution is 5.86. The molecule has 0 unspecified atom stereocenters. The average Bonchev–Trinajstić information content (AvgIpc) is 2.22. The van der Waals surface area contributed by atoms with E-state index in [4.69, 9.17) is 5.73 Å². The molecule has 15 heavy (non-hydrogen) atoms. The van der Waals surface area contributed by atoms with Gasteiger partial charge in [-0.15, -0.1) is 17.5 Å². The maximum absolute atomic E-state index is 5.50. The lowest BCUT2D eigenvalue weighted by Gasteiger charge is -1.98. The lowest BCUT2D eigenvalue weighted by molar-refractivity contribution is 0.968. The van der Waals surface area contributed by atoms with Crippen molar-refractivity contribution in [1.82, 2.24) is 5.43 Å². The van der Waals surface area contributed by atoms with Gasteiger partial charge in [-0.2, -0.15) is 10.2 Å². The maximum Gasteiger partial charge on any atom is 0.234 e. The first-order valence-electron chi connectivity index (χ1n) is 4.75. The maximum atomic E-state index is 5.50. The van der Waals surface area contributed by atoms with Crippen LogP contribution in [0.2, 0.25) is 0 Å². The van der Waals surface area contributed by atoms with E-state index >= 15 is 0 Å². The molecule has 0 aliphatic rings. The van der Waals surface area contributed by atoms with Crippen LogP contribution in [0.5, 0.6) is 0 Å². The number of guanidine groups is 1. The topological polar surface area (TPSA) is 75.1 Å². The summed E-state index contributed by atoms with van der Waals surface area (Å²) in [5.41, 5.74) is 10.0. The third-order valence-electron chi connectivity index (χ3n) is 1.71. The van der Waals surface area contributed by atoms with E-state index in [2.05, 4.69) is 20.7 Å². The van der Waals surface area contributed by atoms with Gasteiger partial charge in [-0.25, -0.2) is 5.43 Å². The Balaban J connectivity index is 0. The van der Waals surface area contributed by atoms with Crippen molar-refractivity contribution in [1.29, 1.82) is 0 Å². The Hall–Kier alpha value is -1.10. The van der Waals surface area contributed by atoms with Crippen molar-refractivity contribution in [3.63, 3.8) is 0 Å². The quantitative estimate of drug-likeness (QED) is 0.442. The molecule has 0 radical (unpaired) electrons. The van der Waals surface area contributed by atoms with E-state index < -0.39 is 0 Å². The minimum absolute atomic E-state index is 0. The first-order chi connectivity index (χ1) is 6.60. The summed E-state index contributed by atoms with van der Waals surface area (Å²) in [5, 5.41) is 11.6. The summed E-state index contributed by atoms with van der Waals surface area (Å²) in [6.45, 7) is 7.85. The summed E-state index contributed by atoms with van der Waals surface area (Å²) >= 11 is 0. The Morgan fingerprint density at radius 3 is 2.07 bits per heavy atom. The predicted molar refractivity (Wildman–Crippen MR) is 68.8 cm³/mol. The first kappa shape index (κ1) is 16.3. The Morgan fingerprint density at radius 1 is 1.07 bits per heavy atom. The molecule has 0 aromatic heterocycles. The van der Waals surface area contributed by atoms with E-state index in [-0.39, 0.29) is 18.4 Å². The fourth-order valence-electron chi connectivity index (χ4n) is 0.464. The highest BCUT2D eigenvalue weighted by atomic mass is 35.5. The van der Waals surface area contributed by atoms with E-state index in [1.54, 1.807) is 0 Å². The average molecular weight is 234 g/mol. The van der Waals surface area contributed by atoms with Crippen LogP contribution in [0.15, 0.2) is 15.3 Å². The van der Waals surface area contributed by atoms with Crippen molar-refractivity contribution in [2.75, 3.05) is 0 Å². The molecule has 0 saturated carbocycles. The zero-order chi connectivity index (χ0) is 11.0. The highest BCUT2D eigenvalue weighted by Crippen LogP contribution is 1.85. The molecule has 0 atom stereocenters. The highest BCUT2D eigenvalue weighted by Gasteiger charge is 1.89. The second-order valence-corrected chi connectivity index (χ2v) is 2.99. The minimum atomic E-state index is 0. The van der Waals surface area contributed by atoms with Gasteiger partial charge in [0, 0.05) is 11.4 Å². The van der Waals surface area contributed by atoms with E-state index in [1.165, 1.54) is 0 Å². The lowest BCUT2D eigenvalue weighted by atomic mass is 10.3. The number of rotatable bonds is 4. The second kappa shape index (κ2) is 9.45. The third-order valence-corrected chi connectivity index (χ3v) is 1.71. The smallest absolute Gasteiger partial charge is 0.234 e. The third kappa shape index (κ3) is 9.21. The van der Waals surface area contributed by atoms with Crippen LogP contribution in [0.3, 0.4) is 0 Å². The summed E-state index contributed by atoms with van der Waals surface area (Å²) in [6.07, 6.45) is 1.76. The molecule has 0 amide bonds. The van der Waals surface area contributed by atoms with Gasteiger partial charge in [0.15, 0.2) is 0 Å². The summed E-state index contributed by atoms with van der Waals surface area (Å²) in [6, 6.07) is 0. The molecule has 0 aliphatic carbocycles. The molecule has 0 aromatic carbocycles. The van der Waals surface area contributed by atoms with Gasteiger partial charge >= 0.3 is 0 Å². The van der Waals surface area contributed by atoms with Crippen LogP contribution >= 0.6 is 12.4 Å². The molecule has 0 heterocycles. The number of nitrogens with zero attached hydrogens (tertiary/aromatic N) is 3. The van der Waals surface area contributed by atoms with E-state index in [9.17, 15) is 0 Å². The van der Waals surface area contributed by atoms with Crippen LogP contribution in [-0.2, 0) is 0 Å². The van der Waals surface area contributed by atoms with E-state index in [0.29, 0.717) is 0 Å². The molecule has 88 valence electrons. The Morgan fingerprint density at radius 2 is 1.60 bits per heavy atom. The molecular formula is C9H20ClN5. The van der Waals surface area contributed by atoms with Crippen molar-refractivity contribution in [3.05, 3.63) is 0 Å². The Labute approximate surface area is 97.3 Å². The van der Waals surface area contributed by atoms with E-state index in [0.717, 1.165) is 24.3 Å². The minimum Gasteiger partial charge on any atom is -0.367 e. The summed E-state index contributed by atoms with van der Waals surface area (Å²) < 4.78 is 0. The summed E-state index contributed by atoms with van der Waals surface area (Å²) in [5.74, 6) is 0.214. The zero-order valence-electron chi connectivity index (χ0n) is 9.74. The van der Waals surface area contributed by atoms with Crippen LogP contribution in [0.4, 0.5) is 0 Å². The normalized spacial score (nSPS) is 13.5. The van der Waals surface area contributed by atoms with Crippen LogP contribution in [0.25, 0.3) is 0 Å². The van der Waals surface area contributed by atoms with Gasteiger partial charge in [0.25, 0.3) is 0 Å². The molecule has 3 N–H and O–H groups in total. The number of hydrogen-bond donors (Lipinski definition) is 2. The van der Waals surface area contributed by atoms with Gasteiger partial charge in [0.1, 0.15) is 0 Å². The number of hydrazone groups is 1. The van der Waals surface area contributed by atoms with Crippen molar-refractivity contribution >= 4 is 29.8 Å². The van der Waals surface area contributed by atoms with Gasteiger partial charge < -0.3 is 5.73 Å². The van der Waals surface area contributed by atoms with Gasteiger partial charge in [0.2, 0.25) is 5.96 Å². The molecule has 0 fully saturated rings. The summed E-state index contributed by atoms with van der Waals surface area (Å²) in [4.78, 5) is 0. The molecule has 0 bridgehead atoms. The number of nitrogens with two attached hydrogens (primary N) is 1. The first-order valence-corrected chi connectivity index (χ1v) is 4.75. The second-order valence-electron chi connectivity index (χ2n) is 2.99. The molecule has 0 rings (SSSR count). The van der Waals surface area contributed by atoms with Crippen molar-refractivity contribution < 1.29 is 0 Å². The van der Waals surface area contributed by atoms with Crippen LogP contribution in [0.1, 0.15) is 40.5 Å². The Bertz CT molecular complexity index is 257. The van der Waals surface area contributed by atoms with Crippen molar-refractivity contribution in [2.24, 2.45) is 21.0 Å². The van der Waals surface area contributed by atoms with Gasteiger partial charge in [0.05, 0.1) is 0 Å². The predicted octanol–water partition coefficient (Wildman–Crippen LogP) is 1.88. The molecule has 0 spiro atoms. The fraction of sp³-hybridized carbons (Fsp3) is 0.667. The van der Waals surface area contributed by atoms with Gasteiger partial charge in [-0.3, -0.25) is 0 Å². The van der Waals surface area contributed by atoms with Crippen LogP contribution < -0.4 is 11.2 Å². The molecular weight excluding hydrogens is 214 g/mol. The van der Waals surface area contributed by atoms with Crippen LogP contribution in [0, 0.1) is 0 Å². The SMILES string of the molecule is CC/C(C)=N\N=C(\N)N/N=C(/C)CC.Cl. The van der Waals surface area contributed by atoms with Gasteiger partial charge in [-0.1, -0.05) is 13.8 Å². The molecule has 5 nitrogen and oxygen atoms in total. The number of nitrogens with one attached hydrogen (secondary N) is 1. The van der Waals surface area contributed by atoms with Crippen LogP contribution in [-0.4, -0.2) is 17.4 Å². The number of hydrogen-bond acceptors (Lipinski definition) is 3. The molecule has 6 heteroatoms. The molecule has 0 saturated heterocycles. The van der Waals surface area contributed by atoms with Crippen molar-refractivity contribution in [2.45, 2.75) is 40.5 Å². The van der Waals surface area contributed by atoms with Gasteiger partial charge in [-0.05, 0) is 26.7 Å². The van der Waals surface area contributed by atoms with Crippen molar-refractivity contribution in [3.8, 4) is 0 Å². The lowest BCUT2D eigenvalue weighted by Crippen LogP contribution is -2.27. The summed E-state index contributed by atoms with van der Waals surface area (Å²) in [7, 11) is 0. The largest absolute Gasteiger partial charge is 0.367 e. The molecule has 0 aromatic rings. The Kier molecular flexibility index (Phi) is 10.3. The number of halogens is 1. The fourth-order valence-corrected chi connectivity index (χ4v) is 0.464. The monoisotopic (exact) mass is 233 g/mol. The zero-order valence-corrected chi connectivity index (χ0v) is 10.6. The molecule has 0 aliphatic heterocycles. The van der Waals surface area contributed by atoms with E-state index in [1.807, 2.05) is 27.7 Å².